The molecule has 15 heavy (non-hydrogen) atoms. The largest absolute Gasteiger partial charge is 0.496 e. The van der Waals surface area contributed by atoms with Crippen molar-refractivity contribution < 1.29 is 4.74 Å². The average Bonchev–Trinajstić information content (AvgIpc) is 2.30. The second-order valence-corrected chi connectivity index (χ2v) is 3.75. The lowest BCUT2D eigenvalue weighted by atomic mass is 10.0. The highest BCUT2D eigenvalue weighted by Gasteiger charge is 2.17. The first-order valence-electron chi connectivity index (χ1n) is 5.29. The van der Waals surface area contributed by atoms with Crippen LogP contribution in [0, 0.1) is 6.92 Å². The molecule has 0 amide bonds. The number of nitrogens with two attached hydrogens (primary N) is 1. The lowest BCUT2D eigenvalue weighted by Gasteiger charge is -2.21. The van der Waals surface area contributed by atoms with Crippen LogP contribution in [-0.2, 0) is 4.74 Å². The van der Waals surface area contributed by atoms with E-state index in [9.17, 15) is 0 Å². The van der Waals surface area contributed by atoms with Crippen molar-refractivity contribution in [2.24, 2.45) is 5.73 Å². The van der Waals surface area contributed by atoms with E-state index < -0.39 is 0 Å². The first kappa shape index (κ1) is 10.2. The lowest BCUT2D eigenvalue weighted by molar-refractivity contribution is 0.175. The van der Waals surface area contributed by atoms with Crippen LogP contribution in [0.4, 0.5) is 0 Å². The predicted molar refractivity (Wildman–Crippen MR) is 59.2 cm³/mol. The third kappa shape index (κ3) is 2.18. The van der Waals surface area contributed by atoms with Crippen LogP contribution in [-0.4, -0.2) is 11.6 Å². The maximum absolute atomic E-state index is 6.14. The van der Waals surface area contributed by atoms with Crippen LogP contribution in [0.25, 0.3) is 0 Å². The van der Waals surface area contributed by atoms with Crippen molar-refractivity contribution >= 4 is 0 Å². The van der Waals surface area contributed by atoms with E-state index in [0.717, 1.165) is 36.5 Å². The summed E-state index contributed by atoms with van der Waals surface area (Å²) in [4.78, 5) is 4.23. The highest BCUT2D eigenvalue weighted by molar-refractivity contribution is 5.28. The second-order valence-electron chi connectivity index (χ2n) is 3.75. The van der Waals surface area contributed by atoms with Gasteiger partial charge in [-0.1, -0.05) is 6.07 Å². The zero-order valence-electron chi connectivity index (χ0n) is 8.94. The number of hydrogen-bond donors (Lipinski definition) is 1. The van der Waals surface area contributed by atoms with Crippen molar-refractivity contribution in [1.29, 1.82) is 0 Å². The molecule has 1 aliphatic rings. The van der Waals surface area contributed by atoms with Gasteiger partial charge in [-0.3, -0.25) is 4.98 Å². The van der Waals surface area contributed by atoms with Crippen LogP contribution in [0.3, 0.4) is 0 Å². The van der Waals surface area contributed by atoms with Gasteiger partial charge in [-0.05, 0) is 37.5 Å². The first-order valence-corrected chi connectivity index (χ1v) is 5.29. The first-order chi connectivity index (χ1) is 7.29. The number of nitrogens with zero attached hydrogens (tertiary/aromatic N) is 1. The Labute approximate surface area is 90.0 Å². The van der Waals surface area contributed by atoms with E-state index in [2.05, 4.69) is 11.1 Å². The van der Waals surface area contributed by atoms with Crippen LogP contribution in [0.5, 0.6) is 0 Å². The molecule has 0 aromatic carbocycles. The molecule has 1 aromatic heterocycles. The molecule has 0 saturated heterocycles. The Hall–Kier alpha value is -1.35. The fourth-order valence-corrected chi connectivity index (χ4v) is 1.77. The summed E-state index contributed by atoms with van der Waals surface area (Å²) in [6.45, 7) is 2.75. The van der Waals surface area contributed by atoms with Crippen molar-refractivity contribution in [1.82, 2.24) is 4.98 Å². The van der Waals surface area contributed by atoms with Gasteiger partial charge in [0.15, 0.2) is 0 Å². The molecule has 80 valence electrons. The second kappa shape index (κ2) is 4.45. The minimum Gasteiger partial charge on any atom is -0.496 e. The molecule has 2 rings (SSSR count). The summed E-state index contributed by atoms with van der Waals surface area (Å²) >= 11 is 0. The predicted octanol–water partition coefficient (Wildman–Crippen LogP) is 2.08. The molecule has 1 aromatic rings. The standard InChI is InChI=1S/C12H16N2O/c1-9-10(5-4-7-14-9)12(13)11-6-2-3-8-15-11/h4-7,12H,2-3,8,13H2,1H3. The number of ether oxygens (including phenoxy) is 1. The van der Waals surface area contributed by atoms with Gasteiger partial charge in [-0.2, -0.15) is 0 Å². The molecular formula is C12H16N2O. The zero-order valence-corrected chi connectivity index (χ0v) is 8.94. The van der Waals surface area contributed by atoms with Crippen LogP contribution < -0.4 is 5.73 Å². The van der Waals surface area contributed by atoms with Gasteiger partial charge in [0.1, 0.15) is 5.76 Å². The summed E-state index contributed by atoms with van der Waals surface area (Å²) in [5.74, 6) is 0.886. The Balaban J connectivity index is 2.23. The third-order valence-electron chi connectivity index (χ3n) is 2.65. The highest BCUT2D eigenvalue weighted by atomic mass is 16.5. The van der Waals surface area contributed by atoms with Gasteiger partial charge in [0.05, 0.1) is 12.6 Å². The fraction of sp³-hybridized carbons (Fsp3) is 0.417. The number of rotatable bonds is 2. The summed E-state index contributed by atoms with van der Waals surface area (Å²) in [6, 6.07) is 3.75. The number of pyridine rings is 1. The van der Waals surface area contributed by atoms with Crippen LogP contribution in [0.15, 0.2) is 30.2 Å². The van der Waals surface area contributed by atoms with Gasteiger partial charge in [0, 0.05) is 11.9 Å². The molecule has 0 fully saturated rings. The normalized spacial score (nSPS) is 17.9. The summed E-state index contributed by atoms with van der Waals surface area (Å²) < 4.78 is 5.56. The van der Waals surface area contributed by atoms with Gasteiger partial charge in [-0.15, -0.1) is 0 Å². The molecule has 1 aliphatic heterocycles. The van der Waals surface area contributed by atoms with Gasteiger partial charge in [-0.25, -0.2) is 0 Å². The maximum Gasteiger partial charge on any atom is 0.113 e. The Bertz CT molecular complexity index is 374. The summed E-state index contributed by atoms with van der Waals surface area (Å²) in [5.41, 5.74) is 8.16. The van der Waals surface area contributed by atoms with Crippen molar-refractivity contribution in [3.8, 4) is 0 Å². The molecule has 2 N–H and O–H groups in total. The summed E-state index contributed by atoms with van der Waals surface area (Å²) in [6.07, 6.45) is 6.01. The topological polar surface area (TPSA) is 48.1 Å². The Morgan fingerprint density at radius 1 is 1.53 bits per heavy atom. The van der Waals surface area contributed by atoms with Crippen molar-refractivity contribution in [2.45, 2.75) is 25.8 Å². The van der Waals surface area contributed by atoms with Crippen molar-refractivity contribution in [3.05, 3.63) is 41.4 Å². The van der Waals surface area contributed by atoms with Gasteiger partial charge in [0.25, 0.3) is 0 Å². The molecule has 3 heteroatoms. The Morgan fingerprint density at radius 3 is 3.07 bits per heavy atom. The van der Waals surface area contributed by atoms with Gasteiger partial charge >= 0.3 is 0 Å². The molecule has 1 unspecified atom stereocenters. The minimum atomic E-state index is -0.168. The fourth-order valence-electron chi connectivity index (χ4n) is 1.77. The van der Waals surface area contributed by atoms with E-state index in [-0.39, 0.29) is 6.04 Å². The monoisotopic (exact) mass is 204 g/mol. The summed E-state index contributed by atoms with van der Waals surface area (Å²) in [7, 11) is 0. The quantitative estimate of drug-likeness (QED) is 0.802. The van der Waals surface area contributed by atoms with Gasteiger partial charge in [0.2, 0.25) is 0 Å². The zero-order chi connectivity index (χ0) is 10.7. The van der Waals surface area contributed by atoms with E-state index in [1.807, 2.05) is 19.1 Å². The molecule has 0 spiro atoms. The van der Waals surface area contributed by atoms with E-state index >= 15 is 0 Å². The van der Waals surface area contributed by atoms with Crippen LogP contribution in [0.2, 0.25) is 0 Å². The third-order valence-corrected chi connectivity index (χ3v) is 2.65. The Morgan fingerprint density at radius 2 is 2.40 bits per heavy atom. The molecule has 2 heterocycles. The molecule has 1 atom stereocenters. The highest BCUT2D eigenvalue weighted by Crippen LogP contribution is 2.24. The molecule has 0 saturated carbocycles. The minimum absolute atomic E-state index is 0.168. The number of hydrogen-bond acceptors (Lipinski definition) is 3. The number of allylic oxidation sites excluding steroid dienone is 1. The smallest absolute Gasteiger partial charge is 0.113 e. The maximum atomic E-state index is 6.14. The lowest BCUT2D eigenvalue weighted by Crippen LogP contribution is -2.19. The molecular weight excluding hydrogens is 188 g/mol. The van der Waals surface area contributed by atoms with Crippen LogP contribution >= 0.6 is 0 Å². The van der Waals surface area contributed by atoms with E-state index in [0.29, 0.717) is 0 Å². The summed E-state index contributed by atoms with van der Waals surface area (Å²) in [5, 5.41) is 0. The number of aromatic nitrogens is 1. The molecule has 3 nitrogen and oxygen atoms in total. The van der Waals surface area contributed by atoms with Crippen LogP contribution in [0.1, 0.15) is 30.1 Å². The van der Waals surface area contributed by atoms with Crippen molar-refractivity contribution in [3.63, 3.8) is 0 Å². The van der Waals surface area contributed by atoms with E-state index in [1.165, 1.54) is 0 Å². The molecule has 0 bridgehead atoms. The molecule has 0 aliphatic carbocycles. The molecule has 0 radical (unpaired) electrons. The Kier molecular flexibility index (Phi) is 3.02. The van der Waals surface area contributed by atoms with Gasteiger partial charge < -0.3 is 10.5 Å². The average molecular weight is 204 g/mol. The van der Waals surface area contributed by atoms with E-state index in [4.69, 9.17) is 10.5 Å². The SMILES string of the molecule is Cc1ncccc1C(N)C1=CCCCO1. The number of aryl methyl sites for hydroxylation is 1. The van der Waals surface area contributed by atoms with Crippen molar-refractivity contribution in [2.75, 3.05) is 6.61 Å². The van der Waals surface area contributed by atoms with E-state index in [1.54, 1.807) is 6.20 Å².